The summed E-state index contributed by atoms with van der Waals surface area (Å²) in [5.74, 6) is -0.259. The molecule has 1 aromatic carbocycles. The molecule has 9 heteroatoms. The van der Waals surface area contributed by atoms with Crippen LogP contribution in [-0.4, -0.2) is 71.6 Å². The highest BCUT2D eigenvalue weighted by Crippen LogP contribution is 2.32. The quantitative estimate of drug-likeness (QED) is 0.568. The maximum absolute atomic E-state index is 12.9. The van der Waals surface area contributed by atoms with Gasteiger partial charge in [0, 0.05) is 50.9 Å². The predicted molar refractivity (Wildman–Crippen MR) is 108 cm³/mol. The fourth-order valence-electron chi connectivity index (χ4n) is 3.63. The average Bonchev–Trinajstić information content (AvgIpc) is 3.20. The Balaban J connectivity index is 1.67. The van der Waals surface area contributed by atoms with Crippen molar-refractivity contribution in [2.75, 3.05) is 44.2 Å². The van der Waals surface area contributed by atoms with Crippen molar-refractivity contribution in [2.24, 2.45) is 0 Å². The van der Waals surface area contributed by atoms with Crippen LogP contribution in [0.5, 0.6) is 0 Å². The van der Waals surface area contributed by atoms with Gasteiger partial charge in [0.2, 0.25) is 0 Å². The molecule has 0 spiro atoms. The van der Waals surface area contributed by atoms with Crippen molar-refractivity contribution in [3.05, 3.63) is 33.9 Å². The summed E-state index contributed by atoms with van der Waals surface area (Å²) >= 11 is 0. The molecular weight excluding hydrogens is 376 g/mol. The molecule has 0 saturated carbocycles. The number of hydrogen-bond acceptors (Lipinski definition) is 6. The van der Waals surface area contributed by atoms with E-state index in [1.54, 1.807) is 21.9 Å². The highest BCUT2D eigenvalue weighted by Gasteiger charge is 2.30. The van der Waals surface area contributed by atoms with E-state index in [4.69, 9.17) is 4.74 Å². The van der Waals surface area contributed by atoms with Gasteiger partial charge in [0.1, 0.15) is 11.3 Å². The second-order valence-electron chi connectivity index (χ2n) is 8.41. The Bertz CT molecular complexity index is 791. The molecule has 0 atom stereocenters. The molecule has 0 unspecified atom stereocenters. The van der Waals surface area contributed by atoms with Crippen molar-refractivity contribution in [1.82, 2.24) is 9.80 Å². The number of carbonyl (C=O) groups excluding carboxylic acids is 2. The van der Waals surface area contributed by atoms with Gasteiger partial charge in [-0.05, 0) is 45.7 Å². The first kappa shape index (κ1) is 20.9. The third kappa shape index (κ3) is 4.96. The van der Waals surface area contributed by atoms with Crippen LogP contribution in [0.4, 0.5) is 16.2 Å². The second-order valence-corrected chi connectivity index (χ2v) is 8.41. The van der Waals surface area contributed by atoms with Gasteiger partial charge in [-0.25, -0.2) is 4.79 Å². The van der Waals surface area contributed by atoms with Gasteiger partial charge in [0.15, 0.2) is 0 Å². The first-order valence-corrected chi connectivity index (χ1v) is 9.96. The highest BCUT2D eigenvalue weighted by atomic mass is 16.6. The number of carbonyl (C=O) groups is 2. The summed E-state index contributed by atoms with van der Waals surface area (Å²) in [6.45, 7) is 8.47. The number of rotatable bonds is 3. The molecule has 9 nitrogen and oxygen atoms in total. The number of benzene rings is 1. The number of nitrogens with zero attached hydrogens (tertiary/aromatic N) is 4. The van der Waals surface area contributed by atoms with Crippen molar-refractivity contribution < 1.29 is 19.2 Å². The van der Waals surface area contributed by atoms with Crippen molar-refractivity contribution in [3.8, 4) is 0 Å². The molecule has 0 radical (unpaired) electrons. The van der Waals surface area contributed by atoms with E-state index < -0.39 is 16.6 Å². The van der Waals surface area contributed by atoms with Gasteiger partial charge in [0.25, 0.3) is 11.6 Å². The Hall–Kier alpha value is -2.84. The topological polar surface area (TPSA) is 96.2 Å². The molecule has 158 valence electrons. The summed E-state index contributed by atoms with van der Waals surface area (Å²) in [5, 5.41) is 11.6. The minimum absolute atomic E-state index is 0.0369. The predicted octanol–water partition coefficient (Wildman–Crippen LogP) is 2.89. The average molecular weight is 404 g/mol. The molecule has 1 aromatic rings. The van der Waals surface area contributed by atoms with Crippen LogP contribution < -0.4 is 4.90 Å². The lowest BCUT2D eigenvalue weighted by Gasteiger charge is -2.35. The zero-order valence-corrected chi connectivity index (χ0v) is 17.2. The van der Waals surface area contributed by atoms with Gasteiger partial charge in [0.05, 0.1) is 4.92 Å². The maximum Gasteiger partial charge on any atom is 0.410 e. The van der Waals surface area contributed by atoms with E-state index >= 15 is 0 Å². The third-order valence-electron chi connectivity index (χ3n) is 5.08. The Kier molecular flexibility index (Phi) is 5.95. The van der Waals surface area contributed by atoms with Crippen molar-refractivity contribution >= 4 is 23.4 Å². The minimum atomic E-state index is -0.569. The van der Waals surface area contributed by atoms with Gasteiger partial charge >= 0.3 is 6.09 Å². The normalized spacial score (nSPS) is 17.4. The second kappa shape index (κ2) is 8.26. The lowest BCUT2D eigenvalue weighted by Crippen LogP contribution is -2.51. The van der Waals surface area contributed by atoms with Crippen LogP contribution >= 0.6 is 0 Å². The number of nitro benzene ring substituents is 1. The van der Waals surface area contributed by atoms with Crippen LogP contribution in [0.25, 0.3) is 0 Å². The molecule has 0 bridgehead atoms. The van der Waals surface area contributed by atoms with Gasteiger partial charge in [-0.15, -0.1) is 0 Å². The van der Waals surface area contributed by atoms with E-state index in [1.807, 2.05) is 25.7 Å². The van der Waals surface area contributed by atoms with Crippen molar-refractivity contribution in [1.29, 1.82) is 0 Å². The lowest BCUT2D eigenvalue weighted by atomic mass is 10.1. The first-order chi connectivity index (χ1) is 13.7. The van der Waals surface area contributed by atoms with Crippen LogP contribution in [0.2, 0.25) is 0 Å². The van der Waals surface area contributed by atoms with Gasteiger partial charge in [-0.3, -0.25) is 14.9 Å². The molecular formula is C20H28N4O5. The van der Waals surface area contributed by atoms with E-state index in [9.17, 15) is 19.7 Å². The Morgan fingerprint density at radius 3 is 2.14 bits per heavy atom. The van der Waals surface area contributed by atoms with E-state index in [-0.39, 0.29) is 11.6 Å². The minimum Gasteiger partial charge on any atom is -0.444 e. The van der Waals surface area contributed by atoms with Crippen LogP contribution in [0, 0.1) is 10.1 Å². The fourth-order valence-corrected chi connectivity index (χ4v) is 3.63. The Morgan fingerprint density at radius 2 is 1.59 bits per heavy atom. The molecule has 0 aromatic heterocycles. The lowest BCUT2D eigenvalue weighted by molar-refractivity contribution is -0.384. The monoisotopic (exact) mass is 404 g/mol. The zero-order valence-electron chi connectivity index (χ0n) is 17.2. The summed E-state index contributed by atoms with van der Waals surface area (Å²) in [5.41, 5.74) is 0.259. The van der Waals surface area contributed by atoms with Gasteiger partial charge < -0.3 is 19.4 Å². The third-order valence-corrected chi connectivity index (χ3v) is 5.08. The largest absolute Gasteiger partial charge is 0.444 e. The van der Waals surface area contributed by atoms with Gasteiger partial charge in [-0.2, -0.15) is 0 Å². The summed E-state index contributed by atoms with van der Waals surface area (Å²) in [6.07, 6.45) is 1.63. The number of nitro groups is 1. The molecule has 2 fully saturated rings. The SMILES string of the molecule is CC(C)(C)OC(=O)N1CCN(C(=O)c2ccc(N3CCCC3)c([N+](=O)[O-])c2)CC1. The van der Waals surface area contributed by atoms with Crippen LogP contribution in [0.3, 0.4) is 0 Å². The molecule has 2 aliphatic heterocycles. The smallest absolute Gasteiger partial charge is 0.410 e. The summed E-state index contributed by atoms with van der Waals surface area (Å²) in [7, 11) is 0. The van der Waals surface area contributed by atoms with Crippen LogP contribution in [0.1, 0.15) is 44.0 Å². The summed E-state index contributed by atoms with van der Waals surface area (Å²) in [4.78, 5) is 41.4. The number of amides is 2. The summed E-state index contributed by atoms with van der Waals surface area (Å²) < 4.78 is 5.37. The zero-order chi connectivity index (χ0) is 21.2. The Morgan fingerprint density at radius 1 is 1.00 bits per heavy atom. The molecule has 0 N–H and O–H groups in total. The van der Waals surface area contributed by atoms with Crippen LogP contribution in [0.15, 0.2) is 18.2 Å². The van der Waals surface area contributed by atoms with Crippen molar-refractivity contribution in [3.63, 3.8) is 0 Å². The maximum atomic E-state index is 12.9. The van der Waals surface area contributed by atoms with E-state index in [2.05, 4.69) is 0 Å². The fraction of sp³-hybridized carbons (Fsp3) is 0.600. The first-order valence-electron chi connectivity index (χ1n) is 9.96. The molecule has 0 aliphatic carbocycles. The highest BCUT2D eigenvalue weighted by molar-refractivity contribution is 5.96. The van der Waals surface area contributed by atoms with Crippen molar-refractivity contribution in [2.45, 2.75) is 39.2 Å². The number of hydrogen-bond donors (Lipinski definition) is 0. The van der Waals surface area contributed by atoms with Crippen LogP contribution in [-0.2, 0) is 4.74 Å². The number of anilines is 1. The number of ether oxygens (including phenoxy) is 1. The Labute approximate surface area is 170 Å². The summed E-state index contributed by atoms with van der Waals surface area (Å²) in [6, 6.07) is 4.70. The van der Waals surface area contributed by atoms with E-state index in [0.717, 1.165) is 25.9 Å². The molecule has 2 aliphatic rings. The molecule has 29 heavy (non-hydrogen) atoms. The molecule has 3 rings (SSSR count). The molecule has 2 saturated heterocycles. The molecule has 2 amide bonds. The van der Waals surface area contributed by atoms with Gasteiger partial charge in [-0.1, -0.05) is 0 Å². The molecule has 2 heterocycles. The van der Waals surface area contributed by atoms with E-state index in [1.165, 1.54) is 6.07 Å². The van der Waals surface area contributed by atoms with E-state index in [0.29, 0.717) is 37.4 Å². The number of piperazine rings is 1. The standard InChI is InChI=1S/C20H28N4O5/c1-20(2,3)29-19(26)23-12-10-22(11-13-23)18(25)15-6-7-16(17(14-15)24(27)28)21-8-4-5-9-21/h6-7,14H,4-5,8-13H2,1-3H3.